The first kappa shape index (κ1) is 29.8. The van der Waals surface area contributed by atoms with Crippen molar-refractivity contribution in [1.29, 1.82) is 0 Å². The lowest BCUT2D eigenvalue weighted by Gasteiger charge is -2.31. The van der Waals surface area contributed by atoms with E-state index in [4.69, 9.17) is 9.47 Å². The molecular weight excluding hydrogens is 534 g/mol. The summed E-state index contributed by atoms with van der Waals surface area (Å²) in [7, 11) is 9.80. The predicted octanol–water partition coefficient (Wildman–Crippen LogP) is 7.22. The van der Waals surface area contributed by atoms with E-state index in [0.29, 0.717) is 11.3 Å². The average Bonchev–Trinajstić information content (AvgIpc) is 3.32. The van der Waals surface area contributed by atoms with Crippen molar-refractivity contribution in [3.05, 3.63) is 125 Å². The molecule has 0 fully saturated rings. The second kappa shape index (κ2) is 12.3. The van der Waals surface area contributed by atoms with Crippen LogP contribution in [0.1, 0.15) is 46.5 Å². The molecule has 6 heteroatoms. The smallest absolute Gasteiger partial charge is 0.340 e. The SMILES string of the molecule is CCN(CC)c1ccc(C2(C=C(c3ccc(N(C)C)cc3)c3ccc(N(C)C)cc3)OC(=O)c3ccccc32)c(OC)c1. The van der Waals surface area contributed by atoms with Gasteiger partial charge < -0.3 is 24.2 Å². The first-order valence-corrected chi connectivity index (χ1v) is 14.8. The normalized spacial score (nSPS) is 15.4. The molecule has 0 saturated carbocycles. The lowest BCUT2D eigenvalue weighted by Crippen LogP contribution is -2.27. The molecule has 0 aliphatic carbocycles. The van der Waals surface area contributed by atoms with Crippen LogP contribution in [0.25, 0.3) is 5.57 Å². The first-order valence-electron chi connectivity index (χ1n) is 14.8. The fourth-order valence-electron chi connectivity index (χ4n) is 5.81. The Labute approximate surface area is 255 Å². The quantitative estimate of drug-likeness (QED) is 0.186. The number of rotatable bonds is 10. The fraction of sp³-hybridized carbons (Fsp3) is 0.270. The highest BCUT2D eigenvalue weighted by molar-refractivity contribution is 5.97. The van der Waals surface area contributed by atoms with Gasteiger partial charge in [0.1, 0.15) is 5.75 Å². The van der Waals surface area contributed by atoms with Crippen molar-refractivity contribution in [2.45, 2.75) is 19.4 Å². The number of ether oxygens (including phenoxy) is 2. The van der Waals surface area contributed by atoms with Crippen molar-refractivity contribution in [1.82, 2.24) is 0 Å². The summed E-state index contributed by atoms with van der Waals surface area (Å²) in [5, 5.41) is 0. The Morgan fingerprint density at radius 3 is 1.79 bits per heavy atom. The predicted molar refractivity (Wildman–Crippen MR) is 178 cm³/mol. The van der Waals surface area contributed by atoms with E-state index >= 15 is 0 Å². The minimum Gasteiger partial charge on any atom is -0.496 e. The number of methoxy groups -OCH3 is 1. The van der Waals surface area contributed by atoms with Gasteiger partial charge in [-0.2, -0.15) is 0 Å². The highest BCUT2D eigenvalue weighted by atomic mass is 16.6. The van der Waals surface area contributed by atoms with E-state index in [0.717, 1.165) is 58.0 Å². The summed E-state index contributed by atoms with van der Waals surface area (Å²) < 4.78 is 12.5. The van der Waals surface area contributed by atoms with E-state index in [1.807, 2.05) is 64.6 Å². The zero-order valence-electron chi connectivity index (χ0n) is 26.2. The third-order valence-electron chi connectivity index (χ3n) is 8.25. The number of carbonyl (C=O) groups is 1. The summed E-state index contributed by atoms with van der Waals surface area (Å²) >= 11 is 0. The van der Waals surface area contributed by atoms with Gasteiger partial charge in [-0.15, -0.1) is 0 Å². The number of fused-ring (bicyclic) bond motifs is 1. The van der Waals surface area contributed by atoms with E-state index in [2.05, 4.69) is 89.2 Å². The second-order valence-electron chi connectivity index (χ2n) is 11.2. The van der Waals surface area contributed by atoms with Crippen LogP contribution >= 0.6 is 0 Å². The molecular formula is C37H41N3O3. The van der Waals surface area contributed by atoms with Gasteiger partial charge in [0.25, 0.3) is 0 Å². The molecule has 5 rings (SSSR count). The monoisotopic (exact) mass is 575 g/mol. The third-order valence-corrected chi connectivity index (χ3v) is 8.25. The van der Waals surface area contributed by atoms with Crippen molar-refractivity contribution in [3.63, 3.8) is 0 Å². The molecule has 0 aromatic heterocycles. The van der Waals surface area contributed by atoms with E-state index in [1.54, 1.807) is 7.11 Å². The summed E-state index contributed by atoms with van der Waals surface area (Å²) in [4.78, 5) is 19.9. The number of esters is 1. The number of benzene rings is 4. The molecule has 1 unspecified atom stereocenters. The standard InChI is InChI=1S/C37H41N3O3/c1-8-40(9-2)30-22-23-34(35(24-30)42-7)37(33-13-11-10-12-31(33)36(41)43-37)25-32(26-14-18-28(19-15-26)38(3)4)27-16-20-29(21-17-27)39(5)6/h10-25H,8-9H2,1-7H3. The molecule has 0 saturated heterocycles. The second-order valence-corrected chi connectivity index (χ2v) is 11.2. The summed E-state index contributed by atoms with van der Waals surface area (Å²) in [5.74, 6) is 0.308. The van der Waals surface area contributed by atoms with E-state index in [1.165, 1.54) is 0 Å². The molecule has 1 heterocycles. The Balaban J connectivity index is 1.81. The Morgan fingerprint density at radius 1 is 0.744 bits per heavy atom. The number of hydrogen-bond acceptors (Lipinski definition) is 6. The number of hydrogen-bond donors (Lipinski definition) is 0. The minimum atomic E-state index is -1.21. The van der Waals surface area contributed by atoms with E-state index < -0.39 is 5.60 Å². The maximum Gasteiger partial charge on any atom is 0.340 e. The highest BCUT2D eigenvalue weighted by Gasteiger charge is 2.47. The highest BCUT2D eigenvalue weighted by Crippen LogP contribution is 2.49. The summed E-state index contributed by atoms with van der Waals surface area (Å²) in [6.07, 6.45) is 2.10. The fourth-order valence-corrected chi connectivity index (χ4v) is 5.81. The van der Waals surface area contributed by atoms with Crippen LogP contribution in [0.3, 0.4) is 0 Å². The Morgan fingerprint density at radius 2 is 1.28 bits per heavy atom. The Hall–Kier alpha value is -4.71. The maximum atomic E-state index is 13.5. The zero-order valence-corrected chi connectivity index (χ0v) is 26.2. The van der Waals surface area contributed by atoms with Gasteiger partial charge in [-0.1, -0.05) is 42.5 Å². The first-order chi connectivity index (χ1) is 20.7. The molecule has 0 N–H and O–H groups in total. The largest absolute Gasteiger partial charge is 0.496 e. The van der Waals surface area contributed by atoms with Crippen LogP contribution < -0.4 is 19.4 Å². The molecule has 1 atom stereocenters. The van der Waals surface area contributed by atoms with Gasteiger partial charge in [-0.05, 0) is 79.1 Å². The molecule has 1 aliphatic rings. The van der Waals surface area contributed by atoms with Crippen LogP contribution in [-0.2, 0) is 10.3 Å². The van der Waals surface area contributed by atoms with Gasteiger partial charge in [0.2, 0.25) is 0 Å². The molecule has 0 radical (unpaired) electrons. The molecule has 43 heavy (non-hydrogen) atoms. The van der Waals surface area contributed by atoms with Gasteiger partial charge in [-0.3, -0.25) is 0 Å². The van der Waals surface area contributed by atoms with Crippen molar-refractivity contribution < 1.29 is 14.3 Å². The molecule has 0 spiro atoms. The summed E-state index contributed by atoms with van der Waals surface area (Å²) in [5.41, 5.74) is 7.16. The molecule has 0 bridgehead atoms. The number of nitrogens with zero attached hydrogens (tertiary/aromatic N) is 3. The lowest BCUT2D eigenvalue weighted by atomic mass is 9.81. The van der Waals surface area contributed by atoms with Crippen LogP contribution in [0.15, 0.2) is 97.1 Å². The van der Waals surface area contributed by atoms with Crippen LogP contribution in [0.4, 0.5) is 17.1 Å². The van der Waals surface area contributed by atoms with Gasteiger partial charge >= 0.3 is 5.97 Å². The molecule has 1 aliphatic heterocycles. The van der Waals surface area contributed by atoms with Crippen LogP contribution in [0, 0.1) is 0 Å². The van der Waals surface area contributed by atoms with Crippen molar-refractivity contribution in [2.24, 2.45) is 0 Å². The molecule has 4 aromatic carbocycles. The zero-order chi connectivity index (χ0) is 30.7. The molecule has 222 valence electrons. The van der Waals surface area contributed by atoms with Crippen LogP contribution in [0.5, 0.6) is 5.75 Å². The lowest BCUT2D eigenvalue weighted by molar-refractivity contribution is 0.0270. The Bertz CT molecular complexity index is 1570. The van der Waals surface area contributed by atoms with Crippen molar-refractivity contribution >= 4 is 28.6 Å². The van der Waals surface area contributed by atoms with E-state index in [9.17, 15) is 4.79 Å². The molecule has 6 nitrogen and oxygen atoms in total. The van der Waals surface area contributed by atoms with Crippen molar-refractivity contribution in [2.75, 3.05) is 63.1 Å². The number of cyclic esters (lactones) is 1. The van der Waals surface area contributed by atoms with Gasteiger partial charge in [0.15, 0.2) is 5.60 Å². The molecule has 0 amide bonds. The topological polar surface area (TPSA) is 45.2 Å². The van der Waals surface area contributed by atoms with Crippen molar-refractivity contribution in [3.8, 4) is 5.75 Å². The number of anilines is 3. The van der Waals surface area contributed by atoms with E-state index in [-0.39, 0.29) is 5.97 Å². The molecule has 4 aromatic rings. The van der Waals surface area contributed by atoms with Gasteiger partial charge in [-0.25, -0.2) is 4.79 Å². The maximum absolute atomic E-state index is 13.5. The van der Waals surface area contributed by atoms with Gasteiger partial charge in [0, 0.05) is 75.5 Å². The van der Waals surface area contributed by atoms with Crippen LogP contribution in [-0.4, -0.2) is 54.4 Å². The summed E-state index contributed by atoms with van der Waals surface area (Å²) in [6.45, 7) is 6.02. The average molecular weight is 576 g/mol. The third kappa shape index (κ3) is 5.57. The Kier molecular flexibility index (Phi) is 8.49. The van der Waals surface area contributed by atoms with Crippen LogP contribution in [0.2, 0.25) is 0 Å². The summed E-state index contributed by atoms with van der Waals surface area (Å²) in [6, 6.07) is 30.8. The minimum absolute atomic E-state index is 0.355. The number of carbonyl (C=O) groups excluding carboxylic acids is 1. The van der Waals surface area contributed by atoms with Gasteiger partial charge in [0.05, 0.1) is 12.7 Å².